The summed E-state index contributed by atoms with van der Waals surface area (Å²) in [5, 5.41) is 35.5. The van der Waals surface area contributed by atoms with Crippen LogP contribution >= 0.6 is 0 Å². The van der Waals surface area contributed by atoms with Crippen LogP contribution in [0.15, 0.2) is 34.6 Å². The normalized spacial score (nSPS) is 11.7. The summed E-state index contributed by atoms with van der Waals surface area (Å²) in [6.07, 6.45) is 0. The molecule has 8 nitrogen and oxygen atoms in total. The minimum absolute atomic E-state index is 0.292. The van der Waals surface area contributed by atoms with E-state index < -0.39 is 10.9 Å². The molecule has 16 heavy (non-hydrogen) atoms. The van der Waals surface area contributed by atoms with Gasteiger partial charge in [0.1, 0.15) is 0 Å². The summed E-state index contributed by atoms with van der Waals surface area (Å²) < 4.78 is 0. The smallest absolute Gasteiger partial charge is 0.241 e. The Morgan fingerprint density at radius 3 is 2.38 bits per heavy atom. The van der Waals surface area contributed by atoms with Gasteiger partial charge in [0.05, 0.1) is 10.1 Å². The van der Waals surface area contributed by atoms with Gasteiger partial charge in [0, 0.05) is 12.6 Å². The summed E-state index contributed by atoms with van der Waals surface area (Å²) in [6, 6.07) is 5.86. The average molecular weight is 226 g/mol. The highest BCUT2D eigenvalue weighted by atomic mass is 16.7. The molecule has 86 valence electrons. The van der Waals surface area contributed by atoms with Gasteiger partial charge in [-0.25, -0.2) is 0 Å². The molecular weight excluding hydrogens is 216 g/mol. The number of rotatable bonds is 4. The lowest BCUT2D eigenvalue weighted by atomic mass is 10.3. The quantitative estimate of drug-likeness (QED) is 0.306. The Labute approximate surface area is 90.4 Å². The predicted octanol–water partition coefficient (Wildman–Crippen LogP) is 1.03. The maximum Gasteiger partial charge on any atom is 0.241 e. The van der Waals surface area contributed by atoms with E-state index in [9.17, 15) is 10.1 Å². The first-order valence-corrected chi connectivity index (χ1v) is 4.26. The fourth-order valence-electron chi connectivity index (χ4n) is 0.973. The van der Waals surface area contributed by atoms with E-state index in [2.05, 4.69) is 15.7 Å². The van der Waals surface area contributed by atoms with Gasteiger partial charge in [0.15, 0.2) is 5.22 Å². The molecule has 0 aliphatic carbocycles. The molecule has 0 unspecified atom stereocenters. The third-order valence-corrected chi connectivity index (χ3v) is 1.48. The molecule has 0 radical (unpaired) electrons. The molecule has 0 aliphatic heterocycles. The van der Waals surface area contributed by atoms with E-state index in [4.69, 9.17) is 10.2 Å². The monoisotopic (exact) mass is 226 g/mol. The van der Waals surface area contributed by atoms with E-state index >= 15 is 0 Å². The maximum absolute atomic E-state index is 9.89. The van der Waals surface area contributed by atoms with E-state index in [0.29, 0.717) is 11.4 Å². The fraction of sp³-hybridized carbons (Fsp3) is 0.250. The highest BCUT2D eigenvalue weighted by Gasteiger charge is 2.13. The van der Waals surface area contributed by atoms with Crippen LogP contribution in [0, 0.1) is 10.1 Å². The molecule has 1 aromatic carbocycles. The number of anilines is 1. The summed E-state index contributed by atoms with van der Waals surface area (Å²) in [5.74, 6) is -2.02. The summed E-state index contributed by atoms with van der Waals surface area (Å²) in [7, 11) is 0. The number of hydrogen-bond acceptors (Lipinski definition) is 6. The summed E-state index contributed by atoms with van der Waals surface area (Å²) in [5.41, 5.74) is 0.729. The Bertz CT molecular complexity index is 395. The van der Waals surface area contributed by atoms with Crippen LogP contribution in [0.2, 0.25) is 0 Å². The fourth-order valence-corrected chi connectivity index (χ4v) is 0.973. The Morgan fingerprint density at radius 2 is 1.94 bits per heavy atom. The Balaban J connectivity index is 2.72. The van der Waals surface area contributed by atoms with Gasteiger partial charge < -0.3 is 25.6 Å². The van der Waals surface area contributed by atoms with Crippen molar-refractivity contribution in [3.8, 4) is 0 Å². The second kappa shape index (κ2) is 4.64. The molecule has 0 heterocycles. The summed E-state index contributed by atoms with van der Waals surface area (Å²) in [4.78, 5) is 9.89. The number of nitrogens with one attached hydrogen (secondary N) is 1. The SMILES string of the molecule is CC(O)(O)Nc1ccc(N=N[N+](=O)[O-])cc1. The lowest BCUT2D eigenvalue weighted by molar-refractivity contribution is -0.493. The van der Waals surface area contributed by atoms with Crippen LogP contribution < -0.4 is 5.32 Å². The Hall–Kier alpha value is -2.06. The third kappa shape index (κ3) is 4.44. The number of aliphatic hydroxyl groups is 2. The summed E-state index contributed by atoms with van der Waals surface area (Å²) in [6.45, 7) is 1.16. The van der Waals surface area contributed by atoms with Crippen molar-refractivity contribution in [2.45, 2.75) is 12.8 Å². The predicted molar refractivity (Wildman–Crippen MR) is 54.4 cm³/mol. The lowest BCUT2D eigenvalue weighted by Crippen LogP contribution is -2.33. The number of nitro groups is 1. The second-order valence-corrected chi connectivity index (χ2v) is 3.12. The van der Waals surface area contributed by atoms with Crippen molar-refractivity contribution >= 4 is 11.4 Å². The molecule has 0 saturated heterocycles. The maximum atomic E-state index is 9.89. The minimum atomic E-state index is -2.02. The number of nitrogens with zero attached hydrogens (tertiary/aromatic N) is 3. The molecule has 0 amide bonds. The average Bonchev–Trinajstić information content (AvgIpc) is 2.14. The first-order valence-electron chi connectivity index (χ1n) is 4.26. The van der Waals surface area contributed by atoms with Crippen LogP contribution in [0.5, 0.6) is 0 Å². The van der Waals surface area contributed by atoms with Crippen LogP contribution in [0.4, 0.5) is 11.4 Å². The zero-order chi connectivity index (χ0) is 12.2. The van der Waals surface area contributed by atoms with Crippen LogP contribution in [0.3, 0.4) is 0 Å². The number of benzene rings is 1. The van der Waals surface area contributed by atoms with Gasteiger partial charge in [-0.1, -0.05) is 0 Å². The van der Waals surface area contributed by atoms with Crippen molar-refractivity contribution < 1.29 is 15.2 Å². The minimum Gasteiger partial charge on any atom is -0.349 e. The van der Waals surface area contributed by atoms with Crippen LogP contribution in [0.25, 0.3) is 0 Å². The largest absolute Gasteiger partial charge is 0.349 e. The molecule has 0 spiro atoms. The van der Waals surface area contributed by atoms with E-state index in [1.807, 2.05) is 0 Å². The molecule has 0 aliphatic rings. The molecule has 1 aromatic rings. The topological polar surface area (TPSA) is 120 Å². The van der Waals surface area contributed by atoms with Gasteiger partial charge in [-0.2, -0.15) is 0 Å². The molecular formula is C8H10N4O4. The molecule has 0 fully saturated rings. The van der Waals surface area contributed by atoms with Crippen LogP contribution in [0.1, 0.15) is 6.92 Å². The molecule has 0 bridgehead atoms. The third-order valence-electron chi connectivity index (χ3n) is 1.48. The van der Waals surface area contributed by atoms with Crippen molar-refractivity contribution in [3.63, 3.8) is 0 Å². The van der Waals surface area contributed by atoms with Crippen molar-refractivity contribution in [1.29, 1.82) is 0 Å². The van der Waals surface area contributed by atoms with E-state index in [1.165, 1.54) is 24.3 Å². The molecule has 0 aromatic heterocycles. The van der Waals surface area contributed by atoms with E-state index in [-0.39, 0.29) is 0 Å². The standard InChI is InChI=1S/C8H10N4O4/c1-8(13,14)9-6-2-4-7(5-3-6)10-11-12(15)16/h2-5,9,13-14H,1H3. The van der Waals surface area contributed by atoms with Crippen molar-refractivity contribution in [3.05, 3.63) is 34.4 Å². The lowest BCUT2D eigenvalue weighted by Gasteiger charge is -2.18. The van der Waals surface area contributed by atoms with Gasteiger partial charge in [-0.05, 0) is 24.3 Å². The summed E-state index contributed by atoms with van der Waals surface area (Å²) >= 11 is 0. The highest BCUT2D eigenvalue weighted by molar-refractivity contribution is 5.51. The molecule has 1 rings (SSSR count). The zero-order valence-electron chi connectivity index (χ0n) is 8.36. The van der Waals surface area contributed by atoms with E-state index in [1.54, 1.807) is 0 Å². The molecule has 3 N–H and O–H groups in total. The van der Waals surface area contributed by atoms with Crippen LogP contribution in [-0.4, -0.2) is 21.2 Å². The van der Waals surface area contributed by atoms with Gasteiger partial charge >= 0.3 is 0 Å². The highest BCUT2D eigenvalue weighted by Crippen LogP contribution is 2.18. The van der Waals surface area contributed by atoms with Crippen molar-refractivity contribution in [2.75, 3.05) is 5.32 Å². The van der Waals surface area contributed by atoms with Gasteiger partial charge in [-0.3, -0.25) is 0 Å². The Kier molecular flexibility index (Phi) is 3.48. The van der Waals surface area contributed by atoms with Gasteiger partial charge in [-0.15, -0.1) is 0 Å². The van der Waals surface area contributed by atoms with Crippen molar-refractivity contribution in [2.24, 2.45) is 10.3 Å². The molecule has 8 heteroatoms. The molecule has 0 saturated carbocycles. The molecule has 0 atom stereocenters. The van der Waals surface area contributed by atoms with Crippen LogP contribution in [-0.2, 0) is 0 Å². The second-order valence-electron chi connectivity index (χ2n) is 3.12. The zero-order valence-corrected chi connectivity index (χ0v) is 8.36. The number of hydrogen-bond donors (Lipinski definition) is 3. The first kappa shape index (κ1) is 12.0. The van der Waals surface area contributed by atoms with Gasteiger partial charge in [0.2, 0.25) is 11.6 Å². The van der Waals surface area contributed by atoms with Crippen molar-refractivity contribution in [1.82, 2.24) is 0 Å². The van der Waals surface area contributed by atoms with Gasteiger partial charge in [0.25, 0.3) is 0 Å². The first-order chi connectivity index (χ1) is 7.37. The van der Waals surface area contributed by atoms with E-state index in [0.717, 1.165) is 6.92 Å². The Morgan fingerprint density at radius 1 is 1.38 bits per heavy atom.